The van der Waals surface area contributed by atoms with Crippen LogP contribution in [0.5, 0.6) is 0 Å². The zero-order valence-electron chi connectivity index (χ0n) is 19.5. The van der Waals surface area contributed by atoms with Crippen LogP contribution in [0.1, 0.15) is 56.9 Å². The summed E-state index contributed by atoms with van der Waals surface area (Å²) >= 11 is 0. The number of fused-ring (bicyclic) bond motifs is 1. The van der Waals surface area contributed by atoms with Gasteiger partial charge in [-0.3, -0.25) is 4.79 Å². The monoisotopic (exact) mass is 413 g/mol. The van der Waals surface area contributed by atoms with Crippen molar-refractivity contribution in [3.8, 4) is 6.07 Å². The molecule has 4 heteroatoms. The average molecular weight is 414 g/mol. The van der Waals surface area contributed by atoms with Crippen LogP contribution in [0, 0.1) is 25.2 Å². The van der Waals surface area contributed by atoms with Crippen LogP contribution < -0.4 is 10.2 Å². The minimum atomic E-state index is -0.401. The van der Waals surface area contributed by atoms with Gasteiger partial charge in [0.15, 0.2) is 0 Å². The first-order chi connectivity index (χ1) is 14.5. The molecule has 160 valence electrons. The highest BCUT2D eigenvalue weighted by Gasteiger charge is 2.33. The van der Waals surface area contributed by atoms with Crippen molar-refractivity contribution in [2.24, 2.45) is 0 Å². The molecule has 0 bridgehead atoms. The Morgan fingerprint density at radius 2 is 1.87 bits per heavy atom. The Hall–Kier alpha value is -3.32. The van der Waals surface area contributed by atoms with Crippen LogP contribution in [0.4, 0.5) is 11.4 Å². The van der Waals surface area contributed by atoms with Crippen LogP contribution in [0.25, 0.3) is 11.6 Å². The number of allylic oxidation sites excluding steroid dienone is 1. The van der Waals surface area contributed by atoms with Gasteiger partial charge in [-0.25, -0.2) is 0 Å². The Morgan fingerprint density at radius 1 is 1.16 bits per heavy atom. The molecule has 0 atom stereocenters. The molecular formula is C27H31N3O. The van der Waals surface area contributed by atoms with Crippen molar-refractivity contribution in [1.29, 1.82) is 5.26 Å². The predicted octanol–water partition coefficient (Wildman–Crippen LogP) is 6.26. The number of carbonyl (C=O) groups is 1. The number of amides is 1. The number of benzene rings is 2. The van der Waals surface area contributed by atoms with Gasteiger partial charge in [-0.15, -0.1) is 0 Å². The van der Waals surface area contributed by atoms with Crippen molar-refractivity contribution >= 4 is 28.9 Å². The van der Waals surface area contributed by atoms with Crippen LogP contribution in [-0.2, 0) is 4.79 Å². The molecule has 0 aliphatic carbocycles. The quantitative estimate of drug-likeness (QED) is 0.475. The number of hydrogen-bond donors (Lipinski definition) is 1. The van der Waals surface area contributed by atoms with E-state index in [1.807, 2.05) is 38.1 Å². The van der Waals surface area contributed by atoms with E-state index in [1.54, 1.807) is 6.08 Å². The summed E-state index contributed by atoms with van der Waals surface area (Å²) in [7, 11) is 0. The average Bonchev–Trinajstić information content (AvgIpc) is 2.65. The number of nitrogens with zero attached hydrogens (tertiary/aromatic N) is 2. The highest BCUT2D eigenvalue weighted by Crippen LogP contribution is 2.41. The van der Waals surface area contributed by atoms with E-state index >= 15 is 0 Å². The minimum Gasteiger partial charge on any atom is -0.360 e. The molecule has 0 unspecified atom stereocenters. The maximum absolute atomic E-state index is 12.7. The third kappa shape index (κ3) is 4.56. The fourth-order valence-corrected chi connectivity index (χ4v) is 4.54. The molecule has 31 heavy (non-hydrogen) atoms. The molecule has 0 fully saturated rings. The van der Waals surface area contributed by atoms with E-state index < -0.39 is 5.91 Å². The molecule has 2 aromatic rings. The standard InChI is InChI=1S/C27H31N3O/c1-17(2)30-25-12-19(4)21(14-24(25)20(5)15-27(30,6)7)13-22(16-28)26(31)29-23-10-8-9-18(3)11-23/h8-15,17H,1-7H3,(H,29,31)/b22-13-. The first-order valence-corrected chi connectivity index (χ1v) is 10.7. The topological polar surface area (TPSA) is 56.1 Å². The number of hydrogen-bond acceptors (Lipinski definition) is 3. The lowest BCUT2D eigenvalue weighted by molar-refractivity contribution is -0.112. The van der Waals surface area contributed by atoms with E-state index in [2.05, 4.69) is 69.1 Å². The smallest absolute Gasteiger partial charge is 0.266 e. The fraction of sp³-hybridized carbons (Fsp3) is 0.333. The highest BCUT2D eigenvalue weighted by atomic mass is 16.1. The first-order valence-electron chi connectivity index (χ1n) is 10.7. The van der Waals surface area contributed by atoms with Crippen molar-refractivity contribution in [1.82, 2.24) is 0 Å². The molecule has 0 aromatic heterocycles. The molecule has 1 amide bonds. The predicted molar refractivity (Wildman–Crippen MR) is 130 cm³/mol. The summed E-state index contributed by atoms with van der Waals surface area (Å²) < 4.78 is 0. The second-order valence-corrected chi connectivity index (χ2v) is 9.16. The second-order valence-electron chi connectivity index (χ2n) is 9.16. The Labute approximate surface area is 185 Å². The van der Waals surface area contributed by atoms with Crippen molar-refractivity contribution in [2.75, 3.05) is 10.2 Å². The second kappa shape index (κ2) is 8.43. The molecule has 4 nitrogen and oxygen atoms in total. The van der Waals surface area contributed by atoms with Gasteiger partial charge in [0.2, 0.25) is 0 Å². The third-order valence-corrected chi connectivity index (χ3v) is 5.72. The van der Waals surface area contributed by atoms with E-state index in [9.17, 15) is 10.1 Å². The number of anilines is 2. The maximum atomic E-state index is 12.7. The van der Waals surface area contributed by atoms with E-state index in [1.165, 1.54) is 11.3 Å². The van der Waals surface area contributed by atoms with Crippen LogP contribution in [0.3, 0.4) is 0 Å². The number of rotatable bonds is 4. The van der Waals surface area contributed by atoms with Gasteiger partial charge in [-0.2, -0.15) is 5.26 Å². The van der Waals surface area contributed by atoms with Crippen molar-refractivity contribution in [3.05, 3.63) is 70.3 Å². The molecule has 0 saturated carbocycles. The molecule has 1 N–H and O–H groups in total. The van der Waals surface area contributed by atoms with Crippen LogP contribution >= 0.6 is 0 Å². The number of nitrogens with one attached hydrogen (secondary N) is 1. The fourth-order valence-electron chi connectivity index (χ4n) is 4.54. The summed E-state index contributed by atoms with van der Waals surface area (Å²) in [6.07, 6.45) is 3.97. The van der Waals surface area contributed by atoms with Crippen molar-refractivity contribution in [2.45, 2.75) is 60.0 Å². The lowest BCUT2D eigenvalue weighted by atomic mass is 9.85. The van der Waals surface area contributed by atoms with Gasteiger partial charge < -0.3 is 10.2 Å². The van der Waals surface area contributed by atoms with E-state index in [-0.39, 0.29) is 11.1 Å². The van der Waals surface area contributed by atoms with Crippen molar-refractivity contribution < 1.29 is 4.79 Å². The number of nitriles is 1. The molecule has 1 heterocycles. The van der Waals surface area contributed by atoms with Gasteiger partial charge in [-0.1, -0.05) is 18.2 Å². The molecule has 0 saturated heterocycles. The summed E-state index contributed by atoms with van der Waals surface area (Å²) in [4.78, 5) is 15.2. The molecule has 1 aliphatic heterocycles. The third-order valence-electron chi connectivity index (χ3n) is 5.72. The Bertz CT molecular complexity index is 1130. The van der Waals surface area contributed by atoms with E-state index in [4.69, 9.17) is 0 Å². The molecule has 1 aliphatic rings. The largest absolute Gasteiger partial charge is 0.360 e. The van der Waals surface area contributed by atoms with E-state index in [0.717, 1.165) is 22.3 Å². The zero-order valence-corrected chi connectivity index (χ0v) is 19.5. The van der Waals surface area contributed by atoms with Gasteiger partial charge in [0.25, 0.3) is 5.91 Å². The lowest BCUT2D eigenvalue weighted by Gasteiger charge is -2.46. The Morgan fingerprint density at radius 3 is 2.48 bits per heavy atom. The molecule has 0 radical (unpaired) electrons. The number of aryl methyl sites for hydroxylation is 2. The van der Waals surface area contributed by atoms with Crippen LogP contribution in [0.2, 0.25) is 0 Å². The van der Waals surface area contributed by atoms with Gasteiger partial charge >= 0.3 is 0 Å². The van der Waals surface area contributed by atoms with Crippen LogP contribution in [-0.4, -0.2) is 17.5 Å². The lowest BCUT2D eigenvalue weighted by Crippen LogP contribution is -2.49. The number of carbonyl (C=O) groups excluding carboxylic acids is 1. The van der Waals surface area contributed by atoms with Gasteiger partial charge in [0.05, 0.1) is 5.54 Å². The Balaban J connectivity index is 2.01. The summed E-state index contributed by atoms with van der Waals surface area (Å²) in [5.41, 5.74) is 7.18. The first kappa shape index (κ1) is 22.4. The van der Waals surface area contributed by atoms with Gasteiger partial charge in [-0.05, 0) is 101 Å². The van der Waals surface area contributed by atoms with Crippen molar-refractivity contribution in [3.63, 3.8) is 0 Å². The summed E-state index contributed by atoms with van der Waals surface area (Å²) in [6.45, 7) is 15.0. The highest BCUT2D eigenvalue weighted by molar-refractivity contribution is 6.10. The van der Waals surface area contributed by atoms with E-state index in [0.29, 0.717) is 11.7 Å². The maximum Gasteiger partial charge on any atom is 0.266 e. The molecule has 3 rings (SSSR count). The van der Waals surface area contributed by atoms with Crippen LogP contribution in [0.15, 0.2) is 48.0 Å². The zero-order chi connectivity index (χ0) is 22.9. The minimum absolute atomic E-state index is 0.0828. The molecule has 0 spiro atoms. The molecule has 2 aromatic carbocycles. The van der Waals surface area contributed by atoms with Gasteiger partial charge in [0.1, 0.15) is 11.6 Å². The summed E-state index contributed by atoms with van der Waals surface area (Å²) in [6, 6.07) is 14.2. The SMILES string of the molecule is CC1=CC(C)(C)N(C(C)C)c2cc(C)c(/C=C(/C#N)C(=O)Nc3cccc(C)c3)cc21. The normalized spacial score (nSPS) is 15.3. The van der Waals surface area contributed by atoms with Gasteiger partial charge in [0, 0.05) is 23.0 Å². The molecular weight excluding hydrogens is 382 g/mol. The Kier molecular flexibility index (Phi) is 6.08. The summed E-state index contributed by atoms with van der Waals surface area (Å²) in [5.74, 6) is -0.401. The summed E-state index contributed by atoms with van der Waals surface area (Å²) in [5, 5.41) is 12.5.